The Morgan fingerprint density at radius 2 is 1.89 bits per heavy atom. The number of anilines is 1. The molecule has 1 aliphatic rings. The van der Waals surface area contributed by atoms with Gasteiger partial charge in [0.2, 0.25) is 5.91 Å². The number of carbonyl (C=O) groups excluding carboxylic acids is 2. The second-order valence-corrected chi connectivity index (χ2v) is 6.69. The van der Waals surface area contributed by atoms with Crippen molar-refractivity contribution in [3.63, 3.8) is 0 Å². The van der Waals surface area contributed by atoms with Crippen LogP contribution in [0.15, 0.2) is 28.8 Å². The lowest BCUT2D eigenvalue weighted by molar-refractivity contribution is -0.122. The third-order valence-corrected chi connectivity index (χ3v) is 4.78. The van der Waals surface area contributed by atoms with Crippen LogP contribution in [0.1, 0.15) is 29.5 Å². The summed E-state index contributed by atoms with van der Waals surface area (Å²) in [5, 5.41) is 6.50. The molecule has 3 rings (SSSR count). The molecule has 1 unspecified atom stereocenters. The lowest BCUT2D eigenvalue weighted by atomic mass is 10.1. The average molecular weight is 392 g/mol. The van der Waals surface area contributed by atoms with E-state index in [0.717, 1.165) is 12.1 Å². The first-order valence-corrected chi connectivity index (χ1v) is 9.11. The highest BCUT2D eigenvalue weighted by Gasteiger charge is 2.30. The molecule has 1 fully saturated rings. The Morgan fingerprint density at radius 1 is 1.18 bits per heavy atom. The van der Waals surface area contributed by atoms with Crippen LogP contribution in [0.2, 0.25) is 0 Å². The van der Waals surface area contributed by atoms with Gasteiger partial charge in [-0.05, 0) is 31.5 Å². The zero-order valence-corrected chi connectivity index (χ0v) is 15.7. The number of rotatable bonds is 5. The van der Waals surface area contributed by atoms with Gasteiger partial charge < -0.3 is 14.7 Å². The first-order valence-electron chi connectivity index (χ1n) is 9.11. The molecule has 1 aliphatic heterocycles. The SMILES string of the molecule is CCC(C(=O)Nc1cc(C)on1)N1CCN(C(=O)c2ccc(F)c(F)c2)CC1. The molecule has 0 saturated carbocycles. The molecule has 7 nitrogen and oxygen atoms in total. The number of nitrogens with zero attached hydrogens (tertiary/aromatic N) is 3. The average Bonchev–Trinajstić information content (AvgIpc) is 3.09. The zero-order valence-electron chi connectivity index (χ0n) is 15.7. The first kappa shape index (κ1) is 19.9. The Kier molecular flexibility index (Phi) is 6.03. The van der Waals surface area contributed by atoms with Crippen molar-refractivity contribution in [2.24, 2.45) is 0 Å². The van der Waals surface area contributed by atoms with Crippen LogP contribution in [0.4, 0.5) is 14.6 Å². The Balaban J connectivity index is 1.59. The number of amides is 2. The molecule has 2 amide bonds. The van der Waals surface area contributed by atoms with E-state index in [2.05, 4.69) is 10.5 Å². The maximum Gasteiger partial charge on any atom is 0.254 e. The van der Waals surface area contributed by atoms with Crippen LogP contribution in [0, 0.1) is 18.6 Å². The van der Waals surface area contributed by atoms with Gasteiger partial charge in [-0.1, -0.05) is 12.1 Å². The Bertz CT molecular complexity index is 863. The fraction of sp³-hybridized carbons (Fsp3) is 0.421. The number of benzene rings is 1. The minimum absolute atomic E-state index is 0.110. The molecule has 28 heavy (non-hydrogen) atoms. The van der Waals surface area contributed by atoms with Gasteiger partial charge in [-0.3, -0.25) is 14.5 Å². The summed E-state index contributed by atoms with van der Waals surface area (Å²) in [5.41, 5.74) is 0.110. The van der Waals surface area contributed by atoms with Crippen molar-refractivity contribution >= 4 is 17.6 Å². The van der Waals surface area contributed by atoms with Crippen molar-refractivity contribution in [3.8, 4) is 0 Å². The van der Waals surface area contributed by atoms with Crippen LogP contribution in [0.25, 0.3) is 0 Å². The predicted octanol–water partition coefficient (Wildman–Crippen LogP) is 2.44. The van der Waals surface area contributed by atoms with E-state index < -0.39 is 11.6 Å². The number of hydrogen-bond acceptors (Lipinski definition) is 5. The van der Waals surface area contributed by atoms with Crippen LogP contribution in [0.5, 0.6) is 0 Å². The van der Waals surface area contributed by atoms with Gasteiger partial charge in [0, 0.05) is 37.8 Å². The normalized spacial score (nSPS) is 16.1. The van der Waals surface area contributed by atoms with Crippen molar-refractivity contribution in [3.05, 3.63) is 47.2 Å². The fourth-order valence-corrected chi connectivity index (χ4v) is 3.29. The summed E-state index contributed by atoms with van der Waals surface area (Å²) in [6, 6.07) is 4.41. The minimum atomic E-state index is -1.05. The molecular formula is C19H22F2N4O3. The summed E-state index contributed by atoms with van der Waals surface area (Å²) in [6.45, 7) is 5.44. The molecule has 1 aromatic heterocycles. The van der Waals surface area contributed by atoms with Gasteiger partial charge in [-0.2, -0.15) is 0 Å². The number of piperazine rings is 1. The van der Waals surface area contributed by atoms with Gasteiger partial charge in [-0.15, -0.1) is 0 Å². The van der Waals surface area contributed by atoms with E-state index in [1.54, 1.807) is 17.9 Å². The second-order valence-electron chi connectivity index (χ2n) is 6.69. The standard InChI is InChI=1S/C19H22F2N4O3/c1-3-16(18(26)22-17-10-12(2)28-23-17)24-6-8-25(9-7-24)19(27)13-4-5-14(20)15(21)11-13/h4-5,10-11,16H,3,6-9H2,1-2H3,(H,22,23,26). The maximum atomic E-state index is 13.4. The summed E-state index contributed by atoms with van der Waals surface area (Å²) in [4.78, 5) is 28.6. The molecule has 0 spiro atoms. The smallest absolute Gasteiger partial charge is 0.254 e. The second kappa shape index (κ2) is 8.47. The van der Waals surface area contributed by atoms with Crippen molar-refractivity contribution in [2.45, 2.75) is 26.3 Å². The maximum absolute atomic E-state index is 13.4. The molecule has 0 radical (unpaired) electrons. The van der Waals surface area contributed by atoms with Crippen molar-refractivity contribution in [2.75, 3.05) is 31.5 Å². The number of nitrogens with one attached hydrogen (secondary N) is 1. The van der Waals surface area contributed by atoms with E-state index >= 15 is 0 Å². The van der Waals surface area contributed by atoms with Gasteiger partial charge in [0.05, 0.1) is 6.04 Å². The van der Waals surface area contributed by atoms with E-state index in [0.29, 0.717) is 44.2 Å². The highest BCUT2D eigenvalue weighted by atomic mass is 19.2. The molecular weight excluding hydrogens is 370 g/mol. The highest BCUT2D eigenvalue weighted by Crippen LogP contribution is 2.16. The van der Waals surface area contributed by atoms with Crippen LogP contribution < -0.4 is 5.32 Å². The van der Waals surface area contributed by atoms with E-state index in [1.165, 1.54) is 6.07 Å². The Labute approximate surface area is 161 Å². The molecule has 1 aromatic carbocycles. The van der Waals surface area contributed by atoms with Crippen molar-refractivity contribution in [1.29, 1.82) is 0 Å². The molecule has 2 aromatic rings. The van der Waals surface area contributed by atoms with E-state index in [9.17, 15) is 18.4 Å². The lowest BCUT2D eigenvalue weighted by Crippen LogP contribution is -2.54. The number of aryl methyl sites for hydroxylation is 1. The van der Waals surface area contributed by atoms with E-state index in [-0.39, 0.29) is 23.4 Å². The number of halogens is 2. The van der Waals surface area contributed by atoms with Gasteiger partial charge in [-0.25, -0.2) is 8.78 Å². The largest absolute Gasteiger partial charge is 0.360 e. The van der Waals surface area contributed by atoms with E-state index in [4.69, 9.17) is 4.52 Å². The lowest BCUT2D eigenvalue weighted by Gasteiger charge is -2.38. The number of hydrogen-bond donors (Lipinski definition) is 1. The first-order chi connectivity index (χ1) is 13.4. The molecule has 1 atom stereocenters. The third-order valence-electron chi connectivity index (χ3n) is 4.78. The van der Waals surface area contributed by atoms with Gasteiger partial charge in [0.25, 0.3) is 5.91 Å². The number of carbonyl (C=O) groups is 2. The van der Waals surface area contributed by atoms with Crippen LogP contribution >= 0.6 is 0 Å². The van der Waals surface area contributed by atoms with E-state index in [1.807, 2.05) is 11.8 Å². The summed E-state index contributed by atoms with van der Waals surface area (Å²) in [7, 11) is 0. The Morgan fingerprint density at radius 3 is 2.46 bits per heavy atom. The topological polar surface area (TPSA) is 78.7 Å². The van der Waals surface area contributed by atoms with Crippen molar-refractivity contribution < 1.29 is 22.9 Å². The predicted molar refractivity (Wildman–Crippen MR) is 97.8 cm³/mol. The summed E-state index contributed by atoms with van der Waals surface area (Å²) in [5.74, 6) is -1.60. The summed E-state index contributed by atoms with van der Waals surface area (Å²) >= 11 is 0. The van der Waals surface area contributed by atoms with Crippen molar-refractivity contribution in [1.82, 2.24) is 15.0 Å². The monoisotopic (exact) mass is 392 g/mol. The minimum Gasteiger partial charge on any atom is -0.360 e. The summed E-state index contributed by atoms with van der Waals surface area (Å²) in [6.07, 6.45) is 0.597. The molecule has 2 heterocycles. The molecule has 0 bridgehead atoms. The third kappa shape index (κ3) is 4.36. The molecule has 1 saturated heterocycles. The highest BCUT2D eigenvalue weighted by molar-refractivity contribution is 5.95. The number of aromatic nitrogens is 1. The van der Waals surface area contributed by atoms with Crippen LogP contribution in [-0.2, 0) is 4.79 Å². The molecule has 1 N–H and O–H groups in total. The van der Waals surface area contributed by atoms with Crippen LogP contribution in [0.3, 0.4) is 0 Å². The van der Waals surface area contributed by atoms with Gasteiger partial charge >= 0.3 is 0 Å². The van der Waals surface area contributed by atoms with Gasteiger partial charge in [0.15, 0.2) is 17.5 Å². The fourth-order valence-electron chi connectivity index (χ4n) is 3.29. The molecule has 9 heteroatoms. The van der Waals surface area contributed by atoms with Gasteiger partial charge in [0.1, 0.15) is 5.76 Å². The molecule has 0 aliphatic carbocycles. The molecule has 150 valence electrons. The van der Waals surface area contributed by atoms with Crippen LogP contribution in [-0.4, -0.2) is 59.0 Å². The summed E-state index contributed by atoms with van der Waals surface area (Å²) < 4.78 is 31.4. The zero-order chi connectivity index (χ0) is 20.3. The Hall–Kier alpha value is -2.81. The quantitative estimate of drug-likeness (QED) is 0.846.